The first-order chi connectivity index (χ1) is 4.41. The van der Waals surface area contributed by atoms with E-state index in [-0.39, 0.29) is 6.84 Å². The first-order valence-corrected chi connectivity index (χ1v) is 5.36. The average Bonchev–Trinajstić information content (AvgIpc) is 1.79. The fraction of sp³-hybridized carbons (Fsp3) is 0.500. The second kappa shape index (κ2) is 2.77. The van der Waals surface area contributed by atoms with Crippen molar-refractivity contribution in [3.05, 3.63) is 24.3 Å². The first kappa shape index (κ1) is 9.03. The van der Waals surface area contributed by atoms with Gasteiger partial charge in [0.1, 0.15) is 0 Å². The quantitative estimate of drug-likeness (QED) is 0.353. The molecular formula is C8H10I2. The van der Waals surface area contributed by atoms with Gasteiger partial charge >= 0.3 is 0 Å². The van der Waals surface area contributed by atoms with E-state index in [0.29, 0.717) is 0 Å². The number of hydrogen-bond donors (Lipinski definition) is 0. The van der Waals surface area contributed by atoms with Crippen molar-refractivity contribution in [1.82, 2.24) is 0 Å². The van der Waals surface area contributed by atoms with E-state index in [1.807, 2.05) is 0 Å². The molecule has 0 atom stereocenters. The Morgan fingerprint density at radius 1 is 0.800 bits per heavy atom. The third-order valence-electron chi connectivity index (χ3n) is 1.47. The highest BCUT2D eigenvalue weighted by molar-refractivity contribution is 14.1. The molecule has 0 spiro atoms. The third-order valence-corrected chi connectivity index (χ3v) is 2.91. The zero-order valence-corrected chi connectivity index (χ0v) is 10.4. The van der Waals surface area contributed by atoms with Crippen LogP contribution in [0.25, 0.3) is 0 Å². The zero-order chi connectivity index (χ0) is 7.83. The molecule has 0 saturated carbocycles. The molecule has 0 aromatic carbocycles. The van der Waals surface area contributed by atoms with Crippen molar-refractivity contribution in [2.45, 2.75) is 20.7 Å². The lowest BCUT2D eigenvalue weighted by atomic mass is 9.99. The van der Waals surface area contributed by atoms with Crippen LogP contribution >= 0.6 is 45.2 Å². The van der Waals surface area contributed by atoms with E-state index >= 15 is 0 Å². The van der Waals surface area contributed by atoms with Crippen molar-refractivity contribution in [1.29, 1.82) is 0 Å². The Morgan fingerprint density at radius 3 is 1.20 bits per heavy atom. The predicted octanol–water partition coefficient (Wildman–Crippen LogP) is 3.50. The second-order valence-corrected chi connectivity index (χ2v) is 7.62. The summed E-state index contributed by atoms with van der Waals surface area (Å²) in [4.78, 5) is 0. The normalized spacial score (nSPS) is 46.0. The summed E-state index contributed by atoms with van der Waals surface area (Å²) >= 11 is 4.86. The Bertz CT molecular complexity index is 149. The summed E-state index contributed by atoms with van der Waals surface area (Å²) in [5, 5.41) is 0. The van der Waals surface area contributed by atoms with Crippen LogP contribution in [0.15, 0.2) is 24.3 Å². The van der Waals surface area contributed by atoms with Crippen LogP contribution in [0, 0.1) is 0 Å². The summed E-state index contributed by atoms with van der Waals surface area (Å²) in [5.41, 5.74) is 0. The van der Waals surface area contributed by atoms with Crippen LogP contribution in [-0.4, -0.2) is 6.84 Å². The summed E-state index contributed by atoms with van der Waals surface area (Å²) in [6, 6.07) is 0. The van der Waals surface area contributed by atoms with Gasteiger partial charge in [0.15, 0.2) is 0 Å². The highest BCUT2D eigenvalue weighted by Gasteiger charge is 2.22. The average molecular weight is 360 g/mol. The summed E-state index contributed by atoms with van der Waals surface area (Å²) in [7, 11) is 0. The number of allylic oxidation sites excluding steroid dienone is 4. The Morgan fingerprint density at radius 2 is 1.00 bits per heavy atom. The van der Waals surface area contributed by atoms with E-state index in [1.54, 1.807) is 0 Å². The van der Waals surface area contributed by atoms with E-state index in [4.69, 9.17) is 0 Å². The topological polar surface area (TPSA) is 0 Å². The lowest BCUT2D eigenvalue weighted by Crippen LogP contribution is -2.18. The standard InChI is InChI=1S/C8H10I2/c1-7(9)3-5-8(2,10)6-4-7/h3-6H,1-2H3. The van der Waals surface area contributed by atoms with Crippen molar-refractivity contribution < 1.29 is 0 Å². The molecule has 0 bridgehead atoms. The van der Waals surface area contributed by atoms with Crippen molar-refractivity contribution >= 4 is 45.2 Å². The monoisotopic (exact) mass is 360 g/mol. The molecule has 1 rings (SSSR count). The van der Waals surface area contributed by atoms with Crippen LogP contribution in [0.3, 0.4) is 0 Å². The van der Waals surface area contributed by atoms with Crippen molar-refractivity contribution in [3.63, 3.8) is 0 Å². The fourth-order valence-corrected chi connectivity index (χ4v) is 1.48. The van der Waals surface area contributed by atoms with E-state index in [0.717, 1.165) is 0 Å². The SMILES string of the molecule is CC1(I)C=CC(C)(I)C=C1. The fourth-order valence-electron chi connectivity index (χ4n) is 0.763. The molecule has 0 saturated heterocycles. The molecule has 0 radical (unpaired) electrons. The van der Waals surface area contributed by atoms with Crippen molar-refractivity contribution in [2.24, 2.45) is 0 Å². The van der Waals surface area contributed by atoms with Crippen molar-refractivity contribution in [3.8, 4) is 0 Å². The minimum absolute atomic E-state index is 0.239. The lowest BCUT2D eigenvalue weighted by molar-refractivity contribution is 0.943. The van der Waals surface area contributed by atoms with Crippen LogP contribution < -0.4 is 0 Å². The van der Waals surface area contributed by atoms with Gasteiger partial charge in [0.25, 0.3) is 0 Å². The molecule has 10 heavy (non-hydrogen) atoms. The van der Waals surface area contributed by atoms with Crippen molar-refractivity contribution in [2.75, 3.05) is 0 Å². The minimum atomic E-state index is 0.239. The molecule has 2 heteroatoms. The molecule has 1 aliphatic rings. The van der Waals surface area contributed by atoms with E-state index < -0.39 is 0 Å². The molecule has 0 aromatic rings. The second-order valence-electron chi connectivity index (χ2n) is 2.97. The van der Waals surface area contributed by atoms with Gasteiger partial charge in [0.2, 0.25) is 0 Å². The van der Waals surface area contributed by atoms with Gasteiger partial charge in [-0.1, -0.05) is 69.5 Å². The minimum Gasteiger partial charge on any atom is -0.0700 e. The highest BCUT2D eigenvalue weighted by atomic mass is 127. The molecule has 0 amide bonds. The predicted molar refractivity (Wildman–Crippen MR) is 63.1 cm³/mol. The van der Waals surface area contributed by atoms with Gasteiger partial charge in [-0.2, -0.15) is 0 Å². The molecule has 0 fully saturated rings. The molecular weight excluding hydrogens is 350 g/mol. The number of halogens is 2. The highest BCUT2D eigenvalue weighted by Crippen LogP contribution is 2.33. The number of hydrogen-bond acceptors (Lipinski definition) is 0. The number of rotatable bonds is 0. The smallest absolute Gasteiger partial charge is 0.0553 e. The van der Waals surface area contributed by atoms with E-state index in [2.05, 4.69) is 83.3 Å². The molecule has 1 aliphatic carbocycles. The Kier molecular flexibility index (Phi) is 2.50. The third kappa shape index (κ3) is 2.53. The Hall–Kier alpha value is 0.940. The van der Waals surface area contributed by atoms with Gasteiger partial charge in [-0.3, -0.25) is 0 Å². The van der Waals surface area contributed by atoms with Gasteiger partial charge in [-0.25, -0.2) is 0 Å². The van der Waals surface area contributed by atoms with Gasteiger partial charge in [0, 0.05) is 0 Å². The van der Waals surface area contributed by atoms with Crippen LogP contribution in [-0.2, 0) is 0 Å². The van der Waals surface area contributed by atoms with Crippen LogP contribution in [0.4, 0.5) is 0 Å². The molecule has 0 aliphatic heterocycles. The van der Waals surface area contributed by atoms with Gasteiger partial charge in [0.05, 0.1) is 6.84 Å². The largest absolute Gasteiger partial charge is 0.0700 e. The summed E-state index contributed by atoms with van der Waals surface area (Å²) in [6.07, 6.45) is 9.00. The molecule has 0 nitrogen and oxygen atoms in total. The zero-order valence-electron chi connectivity index (χ0n) is 6.07. The molecule has 0 unspecified atom stereocenters. The van der Waals surface area contributed by atoms with Crippen LogP contribution in [0.1, 0.15) is 13.8 Å². The van der Waals surface area contributed by atoms with Crippen LogP contribution in [0.5, 0.6) is 0 Å². The summed E-state index contributed by atoms with van der Waals surface area (Å²) in [6.45, 7) is 4.40. The molecule has 0 N–H and O–H groups in total. The molecule has 0 aromatic heterocycles. The van der Waals surface area contributed by atoms with Gasteiger partial charge < -0.3 is 0 Å². The molecule has 0 heterocycles. The number of alkyl halides is 2. The lowest BCUT2D eigenvalue weighted by Gasteiger charge is -2.23. The van der Waals surface area contributed by atoms with E-state index in [9.17, 15) is 0 Å². The van der Waals surface area contributed by atoms with E-state index in [1.165, 1.54) is 0 Å². The maximum Gasteiger partial charge on any atom is 0.0553 e. The Labute approximate surface area is 89.4 Å². The summed E-state index contributed by atoms with van der Waals surface area (Å²) in [5.74, 6) is 0. The maximum absolute atomic E-state index is 2.43. The first-order valence-electron chi connectivity index (χ1n) is 3.20. The van der Waals surface area contributed by atoms with Gasteiger partial charge in [-0.15, -0.1) is 0 Å². The maximum atomic E-state index is 2.43. The Balaban J connectivity index is 2.81. The summed E-state index contributed by atoms with van der Waals surface area (Å²) < 4.78 is 0.477. The van der Waals surface area contributed by atoms with Crippen LogP contribution in [0.2, 0.25) is 0 Å². The van der Waals surface area contributed by atoms with Gasteiger partial charge in [-0.05, 0) is 13.8 Å². The molecule has 56 valence electrons.